The average molecular weight is 464 g/mol. The number of hydrogen-bond donors (Lipinski definition) is 8. The minimum absolute atomic E-state index is 0.163. The molecule has 0 aliphatic heterocycles. The monoisotopic (exact) mass is 463 g/mol. The number of carboxylic acids is 2. The molecule has 31 heavy (non-hydrogen) atoms. The lowest BCUT2D eigenvalue weighted by molar-refractivity contribution is -0.143. The molecule has 176 valence electrons. The quantitative estimate of drug-likeness (QED) is 0.124. The van der Waals surface area contributed by atoms with Crippen molar-refractivity contribution in [1.82, 2.24) is 16.0 Å². The highest BCUT2D eigenvalue weighted by Gasteiger charge is 2.31. The molecule has 0 aliphatic rings. The second-order valence-corrected chi connectivity index (χ2v) is 7.44. The Bertz CT molecular complexity index is 702. The first kappa shape index (κ1) is 28.1. The third kappa shape index (κ3) is 10.6. The van der Waals surface area contributed by atoms with Crippen LogP contribution in [-0.4, -0.2) is 75.7 Å². The van der Waals surface area contributed by atoms with Crippen LogP contribution in [0.1, 0.15) is 33.1 Å². The Labute approximate surface area is 184 Å². The van der Waals surface area contributed by atoms with E-state index in [2.05, 4.69) is 28.6 Å². The van der Waals surface area contributed by atoms with Gasteiger partial charge in [0.15, 0.2) is 0 Å². The zero-order chi connectivity index (χ0) is 24.3. The molecule has 4 atom stereocenters. The number of aliphatic carboxylic acids is 2. The Hall–Kier alpha value is -2.87. The molecule has 4 amide bonds. The normalized spacial score (nSPS) is 14.6. The van der Waals surface area contributed by atoms with Crippen molar-refractivity contribution in [3.63, 3.8) is 0 Å². The Balaban J connectivity index is 5.31. The highest BCUT2D eigenvalue weighted by Crippen LogP contribution is 2.03. The van der Waals surface area contributed by atoms with Crippen LogP contribution in [0.5, 0.6) is 0 Å². The molecule has 9 N–H and O–H groups in total. The molecule has 0 aromatic rings. The van der Waals surface area contributed by atoms with Gasteiger partial charge in [0.1, 0.15) is 18.1 Å². The molecule has 4 unspecified atom stereocenters. The molecule has 0 spiro atoms. The SMILES string of the molecule is CC(C)C(N)C(=O)NC(CS)C(=O)NC(CC(N)=O)C(=O)NC(CCC(=O)O)C(=O)O. The van der Waals surface area contributed by atoms with Gasteiger partial charge < -0.3 is 37.6 Å². The first-order valence-corrected chi connectivity index (χ1v) is 9.93. The van der Waals surface area contributed by atoms with Crippen LogP contribution in [0.3, 0.4) is 0 Å². The van der Waals surface area contributed by atoms with Crippen molar-refractivity contribution in [2.24, 2.45) is 17.4 Å². The Morgan fingerprint density at radius 2 is 1.35 bits per heavy atom. The van der Waals surface area contributed by atoms with Crippen molar-refractivity contribution >= 4 is 48.2 Å². The molecule has 0 saturated heterocycles. The molecule has 0 aromatic carbocycles. The summed E-state index contributed by atoms with van der Waals surface area (Å²) in [7, 11) is 0. The van der Waals surface area contributed by atoms with E-state index >= 15 is 0 Å². The molecule has 13 nitrogen and oxygen atoms in total. The molecule has 0 aromatic heterocycles. The first-order valence-electron chi connectivity index (χ1n) is 9.30. The largest absolute Gasteiger partial charge is 0.481 e. The lowest BCUT2D eigenvalue weighted by atomic mass is 10.0. The summed E-state index contributed by atoms with van der Waals surface area (Å²) < 4.78 is 0. The molecular formula is C17H29N5O8S. The van der Waals surface area contributed by atoms with Gasteiger partial charge in [-0.05, 0) is 12.3 Å². The molecule has 0 bridgehead atoms. The number of nitrogens with two attached hydrogens (primary N) is 2. The van der Waals surface area contributed by atoms with Gasteiger partial charge in [-0.25, -0.2) is 4.79 Å². The summed E-state index contributed by atoms with van der Waals surface area (Å²) in [5.41, 5.74) is 10.8. The Morgan fingerprint density at radius 1 is 0.871 bits per heavy atom. The first-order chi connectivity index (χ1) is 14.3. The summed E-state index contributed by atoms with van der Waals surface area (Å²) in [4.78, 5) is 70.2. The van der Waals surface area contributed by atoms with Crippen LogP contribution >= 0.6 is 12.6 Å². The topological polar surface area (TPSA) is 231 Å². The van der Waals surface area contributed by atoms with Crippen molar-refractivity contribution in [2.45, 2.75) is 57.3 Å². The molecule has 0 aliphatic carbocycles. The van der Waals surface area contributed by atoms with Crippen LogP contribution in [-0.2, 0) is 28.8 Å². The van der Waals surface area contributed by atoms with Gasteiger partial charge in [-0.3, -0.25) is 24.0 Å². The maximum Gasteiger partial charge on any atom is 0.326 e. The molecule has 0 radical (unpaired) electrons. The number of rotatable bonds is 14. The minimum atomic E-state index is -1.57. The van der Waals surface area contributed by atoms with Crippen molar-refractivity contribution in [2.75, 3.05) is 5.75 Å². The third-order valence-corrected chi connectivity index (χ3v) is 4.50. The van der Waals surface area contributed by atoms with Gasteiger partial charge in [-0.15, -0.1) is 0 Å². The van der Waals surface area contributed by atoms with Gasteiger partial charge in [0.2, 0.25) is 23.6 Å². The van der Waals surface area contributed by atoms with E-state index in [9.17, 15) is 28.8 Å². The predicted octanol–water partition coefficient (Wildman–Crippen LogP) is -2.82. The Morgan fingerprint density at radius 3 is 1.77 bits per heavy atom. The minimum Gasteiger partial charge on any atom is -0.481 e. The van der Waals surface area contributed by atoms with Crippen molar-refractivity contribution in [3.8, 4) is 0 Å². The highest BCUT2D eigenvalue weighted by molar-refractivity contribution is 7.80. The van der Waals surface area contributed by atoms with E-state index in [0.29, 0.717) is 0 Å². The van der Waals surface area contributed by atoms with Crippen LogP contribution < -0.4 is 27.4 Å². The number of amides is 4. The zero-order valence-corrected chi connectivity index (χ0v) is 18.1. The maximum absolute atomic E-state index is 12.5. The number of primary amides is 1. The lowest BCUT2D eigenvalue weighted by Crippen LogP contribution is -2.58. The van der Waals surface area contributed by atoms with E-state index in [1.165, 1.54) is 0 Å². The van der Waals surface area contributed by atoms with Crippen LogP contribution in [0.2, 0.25) is 0 Å². The van der Waals surface area contributed by atoms with E-state index in [1.807, 2.05) is 0 Å². The summed E-state index contributed by atoms with van der Waals surface area (Å²) in [6, 6.07) is -5.23. The lowest BCUT2D eigenvalue weighted by Gasteiger charge is -2.24. The fraction of sp³-hybridized carbons (Fsp3) is 0.647. The average Bonchev–Trinajstić information content (AvgIpc) is 2.66. The maximum atomic E-state index is 12.5. The van der Waals surface area contributed by atoms with E-state index in [1.54, 1.807) is 13.8 Å². The summed E-state index contributed by atoms with van der Waals surface area (Å²) in [5.74, 6) is -6.67. The number of carbonyl (C=O) groups is 6. The summed E-state index contributed by atoms with van der Waals surface area (Å²) >= 11 is 3.98. The van der Waals surface area contributed by atoms with Crippen LogP contribution in [0.4, 0.5) is 0 Å². The third-order valence-electron chi connectivity index (χ3n) is 4.14. The van der Waals surface area contributed by atoms with Gasteiger partial charge in [0.05, 0.1) is 12.5 Å². The van der Waals surface area contributed by atoms with E-state index < -0.39 is 79.0 Å². The molecule has 14 heteroatoms. The number of carboxylic acid groups (broad SMARTS) is 2. The molecule has 0 fully saturated rings. The van der Waals surface area contributed by atoms with Gasteiger partial charge in [-0.2, -0.15) is 12.6 Å². The van der Waals surface area contributed by atoms with Crippen molar-refractivity contribution < 1.29 is 39.0 Å². The molecule has 0 saturated carbocycles. The highest BCUT2D eigenvalue weighted by atomic mass is 32.1. The fourth-order valence-corrected chi connectivity index (χ4v) is 2.50. The van der Waals surface area contributed by atoms with Gasteiger partial charge in [0, 0.05) is 12.2 Å². The van der Waals surface area contributed by atoms with E-state index in [-0.39, 0.29) is 11.7 Å². The van der Waals surface area contributed by atoms with Crippen LogP contribution in [0.15, 0.2) is 0 Å². The molecular weight excluding hydrogens is 434 g/mol. The smallest absolute Gasteiger partial charge is 0.326 e. The Kier molecular flexibility index (Phi) is 12.2. The second-order valence-electron chi connectivity index (χ2n) is 7.08. The summed E-state index contributed by atoms with van der Waals surface area (Å²) in [5, 5.41) is 24.5. The fourth-order valence-electron chi connectivity index (χ4n) is 2.25. The predicted molar refractivity (Wildman–Crippen MR) is 111 cm³/mol. The standard InChI is InChI=1S/C17H29N5O8S/c1-7(2)13(19)16(28)22-10(6-31)15(27)21-9(5-11(18)23)14(26)20-8(17(29)30)3-4-12(24)25/h7-10,13,31H,3-6,19H2,1-2H3,(H2,18,23)(H,20,26)(H,21,27)(H,22,28)(H,24,25)(H,29,30). The van der Waals surface area contributed by atoms with Crippen LogP contribution in [0, 0.1) is 5.92 Å². The zero-order valence-electron chi connectivity index (χ0n) is 17.2. The van der Waals surface area contributed by atoms with Crippen LogP contribution in [0.25, 0.3) is 0 Å². The number of thiol groups is 1. The van der Waals surface area contributed by atoms with Gasteiger partial charge in [-0.1, -0.05) is 13.8 Å². The second kappa shape index (κ2) is 13.4. The summed E-state index contributed by atoms with van der Waals surface area (Å²) in [6.07, 6.45) is -1.62. The van der Waals surface area contributed by atoms with E-state index in [0.717, 1.165) is 0 Å². The van der Waals surface area contributed by atoms with Crippen molar-refractivity contribution in [1.29, 1.82) is 0 Å². The summed E-state index contributed by atoms with van der Waals surface area (Å²) in [6.45, 7) is 3.41. The van der Waals surface area contributed by atoms with Crippen molar-refractivity contribution in [3.05, 3.63) is 0 Å². The number of carbonyl (C=O) groups excluding carboxylic acids is 4. The van der Waals surface area contributed by atoms with Gasteiger partial charge in [0.25, 0.3) is 0 Å². The van der Waals surface area contributed by atoms with E-state index in [4.69, 9.17) is 21.7 Å². The van der Waals surface area contributed by atoms with Gasteiger partial charge >= 0.3 is 11.9 Å². The molecule has 0 rings (SSSR count). The number of hydrogen-bond acceptors (Lipinski definition) is 8. The molecule has 0 heterocycles. The number of nitrogens with one attached hydrogen (secondary N) is 3.